The van der Waals surface area contributed by atoms with Gasteiger partial charge in [-0.1, -0.05) is 109 Å². The molecular formula is C29H26N2O. The second-order valence-electron chi connectivity index (χ2n) is 8.29. The zero-order valence-corrected chi connectivity index (χ0v) is 18.1. The highest BCUT2D eigenvalue weighted by Crippen LogP contribution is 2.35. The molecule has 1 saturated heterocycles. The van der Waals surface area contributed by atoms with Crippen molar-refractivity contribution in [1.82, 2.24) is 10.2 Å². The molecule has 1 aliphatic rings. The maximum absolute atomic E-state index is 12.4. The van der Waals surface area contributed by atoms with Crippen LogP contribution in [0.4, 0.5) is 0 Å². The van der Waals surface area contributed by atoms with Gasteiger partial charge in [-0.05, 0) is 33.4 Å². The van der Waals surface area contributed by atoms with E-state index < -0.39 is 0 Å². The Labute approximate surface area is 189 Å². The third-order valence-electron chi connectivity index (χ3n) is 6.29. The normalized spacial score (nSPS) is 16.0. The average Bonchev–Trinajstić information content (AvgIpc) is 3.19. The maximum Gasteiger partial charge on any atom is 0.237 e. The van der Waals surface area contributed by atoms with Gasteiger partial charge in [0, 0.05) is 13.0 Å². The van der Waals surface area contributed by atoms with Gasteiger partial charge in [0.1, 0.15) is 0 Å². The fourth-order valence-electron chi connectivity index (χ4n) is 4.59. The zero-order valence-electron chi connectivity index (χ0n) is 18.1. The van der Waals surface area contributed by atoms with E-state index in [4.69, 9.17) is 0 Å². The molecule has 0 aromatic heterocycles. The summed E-state index contributed by atoms with van der Waals surface area (Å²) in [7, 11) is 1.89. The highest BCUT2D eigenvalue weighted by atomic mass is 16.2. The molecule has 0 radical (unpaired) electrons. The van der Waals surface area contributed by atoms with Crippen LogP contribution in [-0.4, -0.2) is 30.6 Å². The van der Waals surface area contributed by atoms with Crippen LogP contribution in [-0.2, 0) is 4.79 Å². The lowest BCUT2D eigenvalue weighted by atomic mass is 9.85. The number of amides is 1. The minimum atomic E-state index is -0.0976. The Morgan fingerprint density at radius 2 is 1.16 bits per heavy atom. The van der Waals surface area contributed by atoms with Crippen LogP contribution in [0, 0.1) is 0 Å². The van der Waals surface area contributed by atoms with Gasteiger partial charge in [0.05, 0.1) is 12.7 Å². The highest BCUT2D eigenvalue weighted by Gasteiger charge is 2.35. The molecule has 0 saturated carbocycles. The molecule has 1 fully saturated rings. The summed E-state index contributed by atoms with van der Waals surface area (Å²) in [6.45, 7) is 0.369. The third kappa shape index (κ3) is 3.95. The van der Waals surface area contributed by atoms with E-state index in [1.54, 1.807) is 0 Å². The lowest BCUT2D eigenvalue weighted by Gasteiger charge is -2.30. The maximum atomic E-state index is 12.4. The Hall–Kier alpha value is -3.69. The number of hydrogen-bond donors (Lipinski definition) is 1. The van der Waals surface area contributed by atoms with E-state index in [1.165, 1.54) is 33.4 Å². The Kier molecular flexibility index (Phi) is 5.57. The standard InChI is InChI=1S/C29H26N2O/c1-31-27(32)20-30-29(31)28(25-16-8-14-23(18-25)21-10-4-2-5-11-21)26-17-9-15-24(19-26)22-12-6-3-7-13-22/h2-19,28-30H,20H2,1H3. The van der Waals surface area contributed by atoms with Crippen molar-refractivity contribution >= 4 is 5.91 Å². The van der Waals surface area contributed by atoms with Crippen LogP contribution in [0.1, 0.15) is 17.0 Å². The first-order valence-electron chi connectivity index (χ1n) is 11.0. The summed E-state index contributed by atoms with van der Waals surface area (Å²) in [5.41, 5.74) is 7.12. The molecular weight excluding hydrogens is 392 g/mol. The Bertz CT molecular complexity index is 1140. The van der Waals surface area contributed by atoms with E-state index in [0.29, 0.717) is 6.54 Å². The third-order valence-corrected chi connectivity index (χ3v) is 6.29. The van der Waals surface area contributed by atoms with Gasteiger partial charge in [-0.2, -0.15) is 0 Å². The molecule has 4 aromatic rings. The molecule has 5 rings (SSSR count). The highest BCUT2D eigenvalue weighted by molar-refractivity contribution is 5.80. The molecule has 0 aliphatic carbocycles. The average molecular weight is 419 g/mol. The van der Waals surface area contributed by atoms with E-state index in [1.807, 2.05) is 24.1 Å². The molecule has 158 valence electrons. The first kappa shape index (κ1) is 20.2. The lowest BCUT2D eigenvalue weighted by molar-refractivity contribution is -0.126. The van der Waals surface area contributed by atoms with Gasteiger partial charge in [0.25, 0.3) is 0 Å². The molecule has 3 nitrogen and oxygen atoms in total. The molecule has 1 atom stereocenters. The minimum Gasteiger partial charge on any atom is -0.328 e. The lowest BCUT2D eigenvalue weighted by Crippen LogP contribution is -2.40. The summed E-state index contributed by atoms with van der Waals surface area (Å²) in [4.78, 5) is 14.2. The number of nitrogens with zero attached hydrogens (tertiary/aromatic N) is 1. The smallest absolute Gasteiger partial charge is 0.237 e. The van der Waals surface area contributed by atoms with E-state index in [9.17, 15) is 4.79 Å². The summed E-state index contributed by atoms with van der Waals surface area (Å²) in [6.07, 6.45) is -0.0976. The van der Waals surface area contributed by atoms with Gasteiger partial charge >= 0.3 is 0 Å². The summed E-state index contributed by atoms with van der Waals surface area (Å²) in [6, 6.07) is 38.2. The number of carbonyl (C=O) groups is 1. The van der Waals surface area contributed by atoms with Gasteiger partial charge in [0.2, 0.25) is 5.91 Å². The van der Waals surface area contributed by atoms with Crippen LogP contribution in [0.3, 0.4) is 0 Å². The minimum absolute atomic E-state index is 0.0128. The van der Waals surface area contributed by atoms with E-state index >= 15 is 0 Å². The second kappa shape index (κ2) is 8.81. The van der Waals surface area contributed by atoms with E-state index in [-0.39, 0.29) is 18.0 Å². The molecule has 1 unspecified atom stereocenters. The monoisotopic (exact) mass is 418 g/mol. The van der Waals surface area contributed by atoms with Crippen molar-refractivity contribution in [2.24, 2.45) is 0 Å². The zero-order chi connectivity index (χ0) is 21.9. The van der Waals surface area contributed by atoms with Crippen molar-refractivity contribution in [1.29, 1.82) is 0 Å². The van der Waals surface area contributed by atoms with Gasteiger partial charge in [-0.25, -0.2) is 0 Å². The van der Waals surface area contributed by atoms with E-state index in [0.717, 1.165) is 0 Å². The number of likely N-dealkylation sites (N-methyl/N-ethyl adjacent to an activating group) is 1. The molecule has 1 N–H and O–H groups in total. The van der Waals surface area contributed by atoms with Crippen LogP contribution in [0.15, 0.2) is 109 Å². The van der Waals surface area contributed by atoms with Crippen molar-refractivity contribution < 1.29 is 4.79 Å². The molecule has 0 spiro atoms. The largest absolute Gasteiger partial charge is 0.328 e. The Balaban J connectivity index is 1.61. The van der Waals surface area contributed by atoms with Crippen molar-refractivity contribution in [2.75, 3.05) is 13.6 Å². The van der Waals surface area contributed by atoms with Crippen LogP contribution in [0.5, 0.6) is 0 Å². The van der Waals surface area contributed by atoms with E-state index in [2.05, 4.69) is 102 Å². The van der Waals surface area contributed by atoms with Crippen molar-refractivity contribution in [3.8, 4) is 22.3 Å². The molecule has 4 aromatic carbocycles. The van der Waals surface area contributed by atoms with Crippen LogP contribution >= 0.6 is 0 Å². The van der Waals surface area contributed by atoms with Crippen molar-refractivity contribution in [2.45, 2.75) is 12.1 Å². The van der Waals surface area contributed by atoms with Crippen molar-refractivity contribution in [3.05, 3.63) is 120 Å². The van der Waals surface area contributed by atoms with Gasteiger partial charge in [-0.3, -0.25) is 10.1 Å². The summed E-state index contributed by atoms with van der Waals surface area (Å²) in [5, 5.41) is 3.45. The molecule has 0 bridgehead atoms. The fraction of sp³-hybridized carbons (Fsp3) is 0.138. The summed E-state index contributed by atoms with van der Waals surface area (Å²) >= 11 is 0. The van der Waals surface area contributed by atoms with Gasteiger partial charge in [-0.15, -0.1) is 0 Å². The number of benzene rings is 4. The molecule has 32 heavy (non-hydrogen) atoms. The topological polar surface area (TPSA) is 32.3 Å². The summed E-state index contributed by atoms with van der Waals surface area (Å²) in [5.74, 6) is 0.136. The molecule has 1 aliphatic heterocycles. The predicted octanol–water partition coefficient (Wildman–Crippen LogP) is 5.54. The molecule has 1 amide bonds. The SMILES string of the molecule is CN1C(=O)CNC1C(c1cccc(-c2ccccc2)c1)c1cccc(-c2ccccc2)c1. The fourth-order valence-corrected chi connectivity index (χ4v) is 4.59. The van der Waals surface area contributed by atoms with Crippen LogP contribution in [0.25, 0.3) is 22.3 Å². The Morgan fingerprint density at radius 1 is 0.688 bits per heavy atom. The first-order chi connectivity index (χ1) is 15.7. The molecule has 3 heteroatoms. The Morgan fingerprint density at radius 3 is 1.59 bits per heavy atom. The number of carbonyl (C=O) groups excluding carboxylic acids is 1. The number of nitrogens with one attached hydrogen (secondary N) is 1. The number of hydrogen-bond acceptors (Lipinski definition) is 2. The first-order valence-corrected chi connectivity index (χ1v) is 11.0. The predicted molar refractivity (Wildman–Crippen MR) is 130 cm³/mol. The van der Waals surface area contributed by atoms with Gasteiger partial charge < -0.3 is 4.90 Å². The second-order valence-corrected chi connectivity index (χ2v) is 8.29. The summed E-state index contributed by atoms with van der Waals surface area (Å²) < 4.78 is 0. The van der Waals surface area contributed by atoms with Crippen molar-refractivity contribution in [3.63, 3.8) is 0 Å². The van der Waals surface area contributed by atoms with Crippen LogP contribution < -0.4 is 5.32 Å². The van der Waals surface area contributed by atoms with Gasteiger partial charge in [0.15, 0.2) is 0 Å². The van der Waals surface area contributed by atoms with Crippen LogP contribution in [0.2, 0.25) is 0 Å². The molecule has 1 heterocycles. The number of rotatable bonds is 5. The quantitative estimate of drug-likeness (QED) is 0.461.